The molecule has 184 valence electrons. The minimum Gasteiger partial charge on any atom is -0.434 e. The molecule has 2 heteroatoms. The quantitative estimate of drug-likeness (QED) is 0.0515. The van der Waals surface area contributed by atoms with Crippen LogP contribution in [0.25, 0.3) is 0 Å². The Morgan fingerprint density at radius 2 is 1.00 bits per heavy atom. The fourth-order valence-electron chi connectivity index (χ4n) is 3.55. The average molecular weight is 445 g/mol. The molecule has 0 amide bonds. The zero-order valence-corrected chi connectivity index (χ0v) is 21.4. The third kappa shape index (κ3) is 26.5. The Bertz CT molecular complexity index is 499. The lowest BCUT2D eigenvalue weighted by molar-refractivity contribution is -0.138. The highest BCUT2D eigenvalue weighted by atomic mass is 16.5. The molecule has 0 aromatic heterocycles. The number of ether oxygens (including phenoxy) is 1. The van der Waals surface area contributed by atoms with Gasteiger partial charge in [-0.15, -0.1) is 0 Å². The molecule has 0 fully saturated rings. The molecule has 0 aliphatic carbocycles. The van der Waals surface area contributed by atoms with Crippen molar-refractivity contribution >= 4 is 5.97 Å². The molecule has 0 saturated carbocycles. The number of carbonyl (C=O) groups excluding carboxylic acids is 1. The molecule has 0 saturated heterocycles. The lowest BCUT2D eigenvalue weighted by Gasteiger charge is -2.00. The van der Waals surface area contributed by atoms with Crippen molar-refractivity contribution in [1.29, 1.82) is 0 Å². The van der Waals surface area contributed by atoms with Crippen LogP contribution < -0.4 is 0 Å². The SMILES string of the molecule is CCCCCCC=CC=CC=COC(=O)CCCCCCC/C=C\CCCCCCCC. The van der Waals surface area contributed by atoms with E-state index in [1.165, 1.54) is 103 Å². The van der Waals surface area contributed by atoms with Gasteiger partial charge in [0.05, 0.1) is 6.26 Å². The van der Waals surface area contributed by atoms with Gasteiger partial charge in [0.1, 0.15) is 0 Å². The van der Waals surface area contributed by atoms with Crippen molar-refractivity contribution in [3.63, 3.8) is 0 Å². The van der Waals surface area contributed by atoms with Gasteiger partial charge in [0.15, 0.2) is 0 Å². The molecule has 0 atom stereocenters. The smallest absolute Gasteiger partial charge is 0.310 e. The van der Waals surface area contributed by atoms with Gasteiger partial charge >= 0.3 is 5.97 Å². The van der Waals surface area contributed by atoms with E-state index in [1.54, 1.807) is 6.08 Å². The van der Waals surface area contributed by atoms with Crippen LogP contribution >= 0.6 is 0 Å². The van der Waals surface area contributed by atoms with E-state index in [1.807, 2.05) is 12.2 Å². The Morgan fingerprint density at radius 3 is 1.62 bits per heavy atom. The van der Waals surface area contributed by atoms with Gasteiger partial charge in [-0.2, -0.15) is 0 Å². The van der Waals surface area contributed by atoms with E-state index < -0.39 is 0 Å². The first-order chi connectivity index (χ1) is 15.8. The van der Waals surface area contributed by atoms with Crippen LogP contribution in [0.1, 0.15) is 136 Å². The molecule has 32 heavy (non-hydrogen) atoms. The molecule has 0 aromatic carbocycles. The Labute approximate surface area is 200 Å². The minimum atomic E-state index is -0.126. The molecule has 0 rings (SSSR count). The van der Waals surface area contributed by atoms with Crippen LogP contribution in [0, 0.1) is 0 Å². The molecule has 0 aliphatic rings. The molecule has 0 bridgehead atoms. The van der Waals surface area contributed by atoms with E-state index in [-0.39, 0.29) is 5.97 Å². The molecular formula is C30H52O2. The molecule has 0 aliphatic heterocycles. The fraction of sp³-hybridized carbons (Fsp3) is 0.700. The van der Waals surface area contributed by atoms with Crippen LogP contribution in [0.5, 0.6) is 0 Å². The van der Waals surface area contributed by atoms with Gasteiger partial charge in [-0.25, -0.2) is 0 Å². The highest BCUT2D eigenvalue weighted by Crippen LogP contribution is 2.10. The number of carbonyl (C=O) groups is 1. The second-order valence-electron chi connectivity index (χ2n) is 8.82. The summed E-state index contributed by atoms with van der Waals surface area (Å²) >= 11 is 0. The summed E-state index contributed by atoms with van der Waals surface area (Å²) in [5.41, 5.74) is 0. The number of hydrogen-bond acceptors (Lipinski definition) is 2. The average Bonchev–Trinajstić information content (AvgIpc) is 2.80. The van der Waals surface area contributed by atoms with Crippen molar-refractivity contribution in [3.8, 4) is 0 Å². The summed E-state index contributed by atoms with van der Waals surface area (Å²) in [6.45, 7) is 4.50. The standard InChI is InChI=1S/C30H52O2/c1-3-5-7-9-11-13-15-16-17-18-19-20-22-24-26-28-30(31)32-29-27-25-23-21-14-12-10-8-6-4-2/h14,16-17,21,23,25,27,29H,3-13,15,18-20,22,24,26,28H2,1-2H3/b17-16-,21-14?,25-23?,29-27?. The van der Waals surface area contributed by atoms with Crippen LogP contribution in [0.3, 0.4) is 0 Å². The first-order valence-corrected chi connectivity index (χ1v) is 13.6. The summed E-state index contributed by atoms with van der Waals surface area (Å²) in [5.74, 6) is -0.126. The minimum absolute atomic E-state index is 0.126. The second-order valence-corrected chi connectivity index (χ2v) is 8.82. The van der Waals surface area contributed by atoms with Gasteiger partial charge in [0.25, 0.3) is 0 Å². The van der Waals surface area contributed by atoms with Crippen LogP contribution in [-0.4, -0.2) is 5.97 Å². The second kappa shape index (κ2) is 27.5. The Morgan fingerprint density at radius 1 is 0.531 bits per heavy atom. The topological polar surface area (TPSA) is 26.3 Å². The molecule has 0 unspecified atom stereocenters. The molecule has 0 radical (unpaired) electrons. The van der Waals surface area contributed by atoms with E-state index in [0.29, 0.717) is 6.42 Å². The predicted octanol–water partition coefficient (Wildman–Crippen LogP) is 10.2. The normalized spacial score (nSPS) is 12.2. The molecule has 0 aromatic rings. The molecular weight excluding hydrogens is 392 g/mol. The number of allylic oxidation sites excluding steroid dienone is 7. The third-order valence-electron chi connectivity index (χ3n) is 5.61. The zero-order chi connectivity index (χ0) is 23.4. The lowest BCUT2D eigenvalue weighted by Crippen LogP contribution is -1.98. The predicted molar refractivity (Wildman–Crippen MR) is 142 cm³/mol. The van der Waals surface area contributed by atoms with Gasteiger partial charge in [0.2, 0.25) is 0 Å². The summed E-state index contributed by atoms with van der Waals surface area (Å²) in [4.78, 5) is 11.7. The summed E-state index contributed by atoms with van der Waals surface area (Å²) in [6.07, 6.45) is 39.4. The molecule has 0 spiro atoms. The first kappa shape index (κ1) is 30.4. The lowest BCUT2D eigenvalue weighted by atomic mass is 10.1. The number of unbranched alkanes of at least 4 members (excludes halogenated alkanes) is 15. The van der Waals surface area contributed by atoms with Crippen LogP contribution in [0.2, 0.25) is 0 Å². The molecule has 0 heterocycles. The third-order valence-corrected chi connectivity index (χ3v) is 5.61. The largest absolute Gasteiger partial charge is 0.434 e. The number of rotatable bonds is 23. The fourth-order valence-corrected chi connectivity index (χ4v) is 3.55. The van der Waals surface area contributed by atoms with Crippen LogP contribution in [-0.2, 0) is 9.53 Å². The van der Waals surface area contributed by atoms with Crippen LogP contribution in [0.15, 0.2) is 48.8 Å². The van der Waals surface area contributed by atoms with Gasteiger partial charge < -0.3 is 4.74 Å². The van der Waals surface area contributed by atoms with E-state index in [2.05, 4.69) is 38.2 Å². The van der Waals surface area contributed by atoms with Crippen molar-refractivity contribution in [3.05, 3.63) is 48.8 Å². The van der Waals surface area contributed by atoms with E-state index >= 15 is 0 Å². The summed E-state index contributed by atoms with van der Waals surface area (Å²) in [5, 5.41) is 0. The number of esters is 1. The van der Waals surface area contributed by atoms with Crippen molar-refractivity contribution in [2.75, 3.05) is 0 Å². The summed E-state index contributed by atoms with van der Waals surface area (Å²) in [7, 11) is 0. The summed E-state index contributed by atoms with van der Waals surface area (Å²) < 4.78 is 5.13. The maximum Gasteiger partial charge on any atom is 0.310 e. The van der Waals surface area contributed by atoms with Gasteiger partial charge in [0, 0.05) is 6.42 Å². The number of hydrogen-bond donors (Lipinski definition) is 0. The van der Waals surface area contributed by atoms with Crippen LogP contribution in [0.4, 0.5) is 0 Å². The van der Waals surface area contributed by atoms with E-state index in [4.69, 9.17) is 4.74 Å². The monoisotopic (exact) mass is 444 g/mol. The molecule has 0 N–H and O–H groups in total. The van der Waals surface area contributed by atoms with Crippen molar-refractivity contribution in [2.24, 2.45) is 0 Å². The highest BCUT2D eigenvalue weighted by Gasteiger charge is 2.00. The first-order valence-electron chi connectivity index (χ1n) is 13.6. The van der Waals surface area contributed by atoms with E-state index in [9.17, 15) is 4.79 Å². The highest BCUT2D eigenvalue weighted by molar-refractivity contribution is 5.69. The van der Waals surface area contributed by atoms with Gasteiger partial charge in [-0.1, -0.05) is 121 Å². The zero-order valence-electron chi connectivity index (χ0n) is 21.4. The van der Waals surface area contributed by atoms with Crippen molar-refractivity contribution in [1.82, 2.24) is 0 Å². The molecule has 2 nitrogen and oxygen atoms in total. The van der Waals surface area contributed by atoms with Gasteiger partial charge in [-0.3, -0.25) is 4.79 Å². The maximum absolute atomic E-state index is 11.7. The summed E-state index contributed by atoms with van der Waals surface area (Å²) in [6, 6.07) is 0. The Balaban J connectivity index is 3.40. The van der Waals surface area contributed by atoms with E-state index in [0.717, 1.165) is 19.3 Å². The van der Waals surface area contributed by atoms with Crippen molar-refractivity contribution < 1.29 is 9.53 Å². The van der Waals surface area contributed by atoms with Gasteiger partial charge in [-0.05, 0) is 51.0 Å². The Hall–Kier alpha value is -1.57. The Kier molecular flexibility index (Phi) is 26.1. The maximum atomic E-state index is 11.7. The van der Waals surface area contributed by atoms with Crippen molar-refractivity contribution in [2.45, 2.75) is 136 Å².